The van der Waals surface area contributed by atoms with E-state index in [4.69, 9.17) is 4.74 Å². The molecule has 0 aromatic heterocycles. The molecule has 0 saturated carbocycles. The van der Waals surface area contributed by atoms with Crippen molar-refractivity contribution < 1.29 is 4.74 Å². The Morgan fingerprint density at radius 1 is 1.37 bits per heavy atom. The van der Waals surface area contributed by atoms with Crippen LogP contribution in [0.1, 0.15) is 18.9 Å². The smallest absolute Gasteiger partial charge is 0.123 e. The molecule has 0 radical (unpaired) electrons. The van der Waals surface area contributed by atoms with Gasteiger partial charge in [0.2, 0.25) is 0 Å². The van der Waals surface area contributed by atoms with Gasteiger partial charge < -0.3 is 9.64 Å². The molecule has 1 aromatic carbocycles. The van der Waals surface area contributed by atoms with Crippen molar-refractivity contribution in [1.29, 1.82) is 0 Å². The molecular formula is C15H23BrN2O. The summed E-state index contributed by atoms with van der Waals surface area (Å²) in [5.41, 5.74) is 1.26. The van der Waals surface area contributed by atoms with E-state index in [1.54, 1.807) is 7.11 Å². The molecular weight excluding hydrogens is 304 g/mol. The van der Waals surface area contributed by atoms with E-state index in [1.807, 2.05) is 12.1 Å². The number of likely N-dealkylation sites (N-methyl/N-ethyl adjacent to an activating group) is 1. The van der Waals surface area contributed by atoms with E-state index < -0.39 is 0 Å². The predicted octanol–water partition coefficient (Wildman–Crippen LogP) is 2.98. The van der Waals surface area contributed by atoms with Gasteiger partial charge in [0.1, 0.15) is 5.75 Å². The number of piperazine rings is 1. The molecule has 19 heavy (non-hydrogen) atoms. The number of halogens is 1. The molecule has 3 nitrogen and oxygen atoms in total. The van der Waals surface area contributed by atoms with E-state index in [0.29, 0.717) is 6.04 Å². The van der Waals surface area contributed by atoms with Crippen molar-refractivity contribution in [3.63, 3.8) is 0 Å². The monoisotopic (exact) mass is 326 g/mol. The number of nitrogens with zero attached hydrogens (tertiary/aromatic N) is 2. The van der Waals surface area contributed by atoms with Crippen molar-refractivity contribution in [2.24, 2.45) is 0 Å². The summed E-state index contributed by atoms with van der Waals surface area (Å²) in [6.45, 7) is 6.65. The Labute approximate surface area is 124 Å². The van der Waals surface area contributed by atoms with Crippen molar-refractivity contribution >= 4 is 15.9 Å². The molecule has 1 atom stereocenters. The highest BCUT2D eigenvalue weighted by atomic mass is 79.9. The van der Waals surface area contributed by atoms with Gasteiger partial charge in [-0.1, -0.05) is 22.9 Å². The molecule has 2 rings (SSSR count). The lowest BCUT2D eigenvalue weighted by molar-refractivity contribution is 0.0878. The summed E-state index contributed by atoms with van der Waals surface area (Å²) in [6, 6.07) is 6.90. The topological polar surface area (TPSA) is 15.7 Å². The van der Waals surface area contributed by atoms with Crippen LogP contribution in [0.5, 0.6) is 5.75 Å². The van der Waals surface area contributed by atoms with Gasteiger partial charge in [-0.15, -0.1) is 0 Å². The summed E-state index contributed by atoms with van der Waals surface area (Å²) in [5.74, 6) is 0.982. The third-order valence-corrected chi connectivity index (χ3v) is 4.46. The Bertz CT molecular complexity index is 425. The first kappa shape index (κ1) is 14.8. The normalized spacial score (nSPS) is 21.6. The second-order valence-electron chi connectivity index (χ2n) is 5.23. The van der Waals surface area contributed by atoms with Crippen LogP contribution in [0.4, 0.5) is 0 Å². The second kappa shape index (κ2) is 6.73. The first-order chi connectivity index (χ1) is 9.13. The third-order valence-electron chi connectivity index (χ3n) is 3.97. The van der Waals surface area contributed by atoms with Gasteiger partial charge in [-0.2, -0.15) is 0 Å². The van der Waals surface area contributed by atoms with Gasteiger partial charge in [-0.3, -0.25) is 4.90 Å². The van der Waals surface area contributed by atoms with Crippen LogP contribution in [0.15, 0.2) is 22.7 Å². The summed E-state index contributed by atoms with van der Waals surface area (Å²) in [7, 11) is 3.97. The van der Waals surface area contributed by atoms with Crippen molar-refractivity contribution in [2.45, 2.75) is 25.9 Å². The average molecular weight is 327 g/mol. The van der Waals surface area contributed by atoms with Gasteiger partial charge in [0.15, 0.2) is 0 Å². The maximum absolute atomic E-state index is 5.46. The fourth-order valence-electron chi connectivity index (χ4n) is 2.71. The largest absolute Gasteiger partial charge is 0.496 e. The maximum atomic E-state index is 5.46. The van der Waals surface area contributed by atoms with E-state index in [1.165, 1.54) is 12.0 Å². The van der Waals surface area contributed by atoms with Crippen LogP contribution in [0.3, 0.4) is 0 Å². The zero-order valence-electron chi connectivity index (χ0n) is 12.0. The third kappa shape index (κ3) is 3.71. The first-order valence-corrected chi connectivity index (χ1v) is 7.68. The van der Waals surface area contributed by atoms with Crippen molar-refractivity contribution in [3.05, 3.63) is 28.2 Å². The molecule has 0 N–H and O–H groups in total. The molecule has 1 fully saturated rings. The Morgan fingerprint density at radius 2 is 2.16 bits per heavy atom. The lowest BCUT2D eigenvalue weighted by Crippen LogP contribution is -2.50. The van der Waals surface area contributed by atoms with E-state index in [2.05, 4.69) is 45.8 Å². The summed E-state index contributed by atoms with van der Waals surface area (Å²) in [4.78, 5) is 4.99. The number of ether oxygens (including phenoxy) is 1. The van der Waals surface area contributed by atoms with Gasteiger partial charge in [0, 0.05) is 42.3 Å². The quantitative estimate of drug-likeness (QED) is 0.846. The molecule has 1 aliphatic heterocycles. The van der Waals surface area contributed by atoms with Gasteiger partial charge in [0.25, 0.3) is 0 Å². The average Bonchev–Trinajstić information content (AvgIpc) is 2.41. The fraction of sp³-hybridized carbons (Fsp3) is 0.600. The van der Waals surface area contributed by atoms with Crippen LogP contribution in [-0.4, -0.2) is 49.6 Å². The Hall–Kier alpha value is -0.580. The van der Waals surface area contributed by atoms with Crippen molar-refractivity contribution in [3.8, 4) is 5.75 Å². The summed E-state index contributed by atoms with van der Waals surface area (Å²) < 4.78 is 6.57. The highest BCUT2D eigenvalue weighted by molar-refractivity contribution is 9.10. The molecule has 0 bridgehead atoms. The maximum Gasteiger partial charge on any atom is 0.123 e. The predicted molar refractivity (Wildman–Crippen MR) is 82.7 cm³/mol. The van der Waals surface area contributed by atoms with Crippen LogP contribution < -0.4 is 4.74 Å². The molecule has 0 aliphatic carbocycles. The van der Waals surface area contributed by atoms with E-state index in [-0.39, 0.29) is 0 Å². The number of rotatable bonds is 4. The molecule has 1 aromatic rings. The lowest BCUT2D eigenvalue weighted by atomic mass is 10.1. The fourth-order valence-corrected chi connectivity index (χ4v) is 3.11. The van der Waals surface area contributed by atoms with Crippen LogP contribution >= 0.6 is 15.9 Å². The Morgan fingerprint density at radius 3 is 2.84 bits per heavy atom. The minimum absolute atomic E-state index is 0.673. The van der Waals surface area contributed by atoms with Crippen LogP contribution in [-0.2, 0) is 6.54 Å². The lowest BCUT2D eigenvalue weighted by Gasteiger charge is -2.39. The van der Waals surface area contributed by atoms with Gasteiger partial charge in [0.05, 0.1) is 7.11 Å². The molecule has 0 amide bonds. The zero-order valence-corrected chi connectivity index (χ0v) is 13.6. The number of methoxy groups -OCH3 is 1. The number of hydrogen-bond donors (Lipinski definition) is 0. The first-order valence-electron chi connectivity index (χ1n) is 6.89. The number of benzene rings is 1. The summed E-state index contributed by atoms with van der Waals surface area (Å²) in [5, 5.41) is 0. The molecule has 1 aliphatic rings. The summed E-state index contributed by atoms with van der Waals surface area (Å²) in [6.07, 6.45) is 1.21. The van der Waals surface area contributed by atoms with Gasteiger partial charge >= 0.3 is 0 Å². The van der Waals surface area contributed by atoms with Crippen molar-refractivity contribution in [2.75, 3.05) is 33.8 Å². The minimum atomic E-state index is 0.673. The standard InChI is InChI=1S/C15H23BrN2O/c1-4-14-11-18(8-7-17(14)2)10-12-9-13(16)5-6-15(12)19-3/h5-6,9,14H,4,7-8,10-11H2,1-3H3. The number of hydrogen-bond acceptors (Lipinski definition) is 3. The Kier molecular flexibility index (Phi) is 5.25. The molecule has 1 saturated heterocycles. The van der Waals surface area contributed by atoms with Crippen LogP contribution in [0.25, 0.3) is 0 Å². The van der Waals surface area contributed by atoms with Crippen LogP contribution in [0.2, 0.25) is 0 Å². The second-order valence-corrected chi connectivity index (χ2v) is 6.15. The molecule has 1 heterocycles. The molecule has 4 heteroatoms. The van der Waals surface area contributed by atoms with E-state index >= 15 is 0 Å². The highest BCUT2D eigenvalue weighted by Gasteiger charge is 2.23. The highest BCUT2D eigenvalue weighted by Crippen LogP contribution is 2.25. The molecule has 0 spiro atoms. The van der Waals surface area contributed by atoms with E-state index in [0.717, 1.165) is 36.4 Å². The van der Waals surface area contributed by atoms with Gasteiger partial charge in [-0.05, 0) is 31.7 Å². The SMILES string of the molecule is CCC1CN(Cc2cc(Br)ccc2OC)CCN1C. The molecule has 106 valence electrons. The zero-order chi connectivity index (χ0) is 13.8. The van der Waals surface area contributed by atoms with Crippen LogP contribution in [0, 0.1) is 0 Å². The minimum Gasteiger partial charge on any atom is -0.496 e. The Balaban J connectivity index is 2.06. The summed E-state index contributed by atoms with van der Waals surface area (Å²) >= 11 is 3.54. The van der Waals surface area contributed by atoms with Crippen molar-refractivity contribution in [1.82, 2.24) is 9.80 Å². The van der Waals surface area contributed by atoms with E-state index in [9.17, 15) is 0 Å². The molecule has 1 unspecified atom stereocenters. The van der Waals surface area contributed by atoms with Gasteiger partial charge in [-0.25, -0.2) is 0 Å².